The highest BCUT2D eigenvalue weighted by Gasteiger charge is 2.19. The quantitative estimate of drug-likeness (QED) is 0.669. The van der Waals surface area contributed by atoms with Crippen molar-refractivity contribution >= 4 is 39.2 Å². The van der Waals surface area contributed by atoms with Gasteiger partial charge in [-0.3, -0.25) is 4.79 Å². The van der Waals surface area contributed by atoms with Crippen molar-refractivity contribution < 1.29 is 14.3 Å². The molecule has 7 heteroatoms. The number of thiophene rings is 1. The number of aromatic nitrogens is 2. The topological polar surface area (TPSA) is 73.2 Å². The minimum atomic E-state index is -0.414. The van der Waals surface area contributed by atoms with Crippen molar-refractivity contribution in [3.63, 3.8) is 0 Å². The van der Waals surface area contributed by atoms with E-state index in [1.807, 2.05) is 42.7 Å². The molecule has 136 valence electrons. The van der Waals surface area contributed by atoms with Crippen LogP contribution in [0.25, 0.3) is 11.0 Å². The fourth-order valence-electron chi connectivity index (χ4n) is 2.77. The molecule has 0 aliphatic heterocycles. The van der Waals surface area contributed by atoms with Gasteiger partial charge in [-0.2, -0.15) is 0 Å². The van der Waals surface area contributed by atoms with Gasteiger partial charge in [-0.25, -0.2) is 9.78 Å². The Morgan fingerprint density at radius 2 is 2.04 bits per heavy atom. The second kappa shape index (κ2) is 7.70. The normalized spacial score (nSPS) is 10.9. The van der Waals surface area contributed by atoms with Gasteiger partial charge in [0.05, 0.1) is 23.2 Å². The highest BCUT2D eigenvalue weighted by Crippen LogP contribution is 2.29. The van der Waals surface area contributed by atoms with E-state index in [1.54, 1.807) is 13.0 Å². The predicted octanol–water partition coefficient (Wildman–Crippen LogP) is 3.78. The summed E-state index contributed by atoms with van der Waals surface area (Å²) in [6.45, 7) is 6.07. The van der Waals surface area contributed by atoms with Crippen LogP contribution in [0.15, 0.2) is 30.3 Å². The van der Waals surface area contributed by atoms with Gasteiger partial charge in [-0.1, -0.05) is 19.1 Å². The van der Waals surface area contributed by atoms with E-state index in [4.69, 9.17) is 4.74 Å². The SMILES string of the molecule is CCOC(=O)c1cc(CC)sc1NC(=O)Cn1c(C)nc2ccccc21. The number of nitrogens with one attached hydrogen (secondary N) is 1. The maximum atomic E-state index is 12.6. The molecule has 0 aliphatic rings. The van der Waals surface area contributed by atoms with Gasteiger partial charge in [0.2, 0.25) is 5.91 Å². The van der Waals surface area contributed by atoms with Crippen molar-refractivity contribution in [2.24, 2.45) is 0 Å². The van der Waals surface area contributed by atoms with Gasteiger partial charge in [0.25, 0.3) is 0 Å². The zero-order valence-corrected chi connectivity index (χ0v) is 15.9. The molecule has 1 N–H and O–H groups in total. The van der Waals surface area contributed by atoms with E-state index in [0.29, 0.717) is 17.2 Å². The van der Waals surface area contributed by atoms with E-state index in [2.05, 4.69) is 10.3 Å². The number of hydrogen-bond acceptors (Lipinski definition) is 5. The van der Waals surface area contributed by atoms with Gasteiger partial charge in [-0.15, -0.1) is 11.3 Å². The van der Waals surface area contributed by atoms with E-state index in [1.165, 1.54) is 11.3 Å². The van der Waals surface area contributed by atoms with Gasteiger partial charge < -0.3 is 14.6 Å². The van der Waals surface area contributed by atoms with Crippen LogP contribution in [0.4, 0.5) is 5.00 Å². The highest BCUT2D eigenvalue weighted by atomic mass is 32.1. The minimum absolute atomic E-state index is 0.133. The number of carbonyl (C=O) groups excluding carboxylic acids is 2. The number of rotatable bonds is 6. The first-order chi connectivity index (χ1) is 12.5. The Bertz CT molecular complexity index is 958. The predicted molar refractivity (Wildman–Crippen MR) is 103 cm³/mol. The van der Waals surface area contributed by atoms with E-state index < -0.39 is 5.97 Å². The van der Waals surface area contributed by atoms with Crippen LogP contribution in [0.1, 0.15) is 34.9 Å². The zero-order chi connectivity index (χ0) is 18.7. The molecule has 2 heterocycles. The summed E-state index contributed by atoms with van der Waals surface area (Å²) in [4.78, 5) is 30.2. The number of ether oxygens (including phenoxy) is 1. The van der Waals surface area contributed by atoms with Gasteiger partial charge >= 0.3 is 5.97 Å². The molecule has 3 aromatic rings. The summed E-state index contributed by atoms with van der Waals surface area (Å²) in [7, 11) is 0. The Hall–Kier alpha value is -2.67. The second-order valence-corrected chi connectivity index (χ2v) is 6.95. The third-order valence-corrected chi connectivity index (χ3v) is 5.22. The summed E-state index contributed by atoms with van der Waals surface area (Å²) in [6, 6.07) is 9.48. The Morgan fingerprint density at radius 1 is 1.27 bits per heavy atom. The van der Waals surface area contributed by atoms with Crippen LogP contribution in [0.2, 0.25) is 0 Å². The van der Waals surface area contributed by atoms with Crippen LogP contribution in [0.3, 0.4) is 0 Å². The summed E-state index contributed by atoms with van der Waals surface area (Å²) in [6.07, 6.45) is 0.790. The lowest BCUT2D eigenvalue weighted by molar-refractivity contribution is -0.116. The molecule has 0 unspecified atom stereocenters. The molecule has 3 rings (SSSR count). The van der Waals surface area contributed by atoms with Crippen molar-refractivity contribution in [1.82, 2.24) is 9.55 Å². The highest BCUT2D eigenvalue weighted by molar-refractivity contribution is 7.16. The van der Waals surface area contributed by atoms with Crippen molar-refractivity contribution in [2.45, 2.75) is 33.7 Å². The number of esters is 1. The molecule has 0 bridgehead atoms. The monoisotopic (exact) mass is 371 g/mol. The summed E-state index contributed by atoms with van der Waals surface area (Å²) in [5.74, 6) is 0.154. The molecule has 0 atom stereocenters. The number of anilines is 1. The molecule has 26 heavy (non-hydrogen) atoms. The Morgan fingerprint density at radius 3 is 2.77 bits per heavy atom. The molecular formula is C19H21N3O3S. The number of aryl methyl sites for hydroxylation is 2. The summed E-state index contributed by atoms with van der Waals surface area (Å²) in [5, 5.41) is 3.40. The van der Waals surface area contributed by atoms with Gasteiger partial charge in [0.1, 0.15) is 17.4 Å². The molecule has 0 saturated carbocycles. The Labute approximate surface area is 155 Å². The standard InChI is InChI=1S/C19H21N3O3S/c1-4-13-10-14(19(24)25-5-2)18(26-13)21-17(23)11-22-12(3)20-15-8-6-7-9-16(15)22/h6-10H,4-5,11H2,1-3H3,(H,21,23). The van der Waals surface area contributed by atoms with Crippen molar-refractivity contribution in [3.8, 4) is 0 Å². The number of carbonyl (C=O) groups is 2. The number of para-hydroxylation sites is 2. The van der Waals surface area contributed by atoms with Crippen LogP contribution in [-0.4, -0.2) is 28.0 Å². The van der Waals surface area contributed by atoms with E-state index in [0.717, 1.165) is 28.2 Å². The number of nitrogens with zero attached hydrogens (tertiary/aromatic N) is 2. The van der Waals surface area contributed by atoms with Gasteiger partial charge in [-0.05, 0) is 38.5 Å². The maximum absolute atomic E-state index is 12.6. The lowest BCUT2D eigenvalue weighted by Gasteiger charge is -2.08. The molecular weight excluding hydrogens is 350 g/mol. The Kier molecular flexibility index (Phi) is 5.37. The third kappa shape index (κ3) is 3.62. The van der Waals surface area contributed by atoms with Crippen LogP contribution in [0.5, 0.6) is 0 Å². The summed E-state index contributed by atoms with van der Waals surface area (Å²) >= 11 is 1.40. The third-order valence-electron chi connectivity index (χ3n) is 4.03. The largest absolute Gasteiger partial charge is 0.462 e. The molecule has 1 aromatic carbocycles. The maximum Gasteiger partial charge on any atom is 0.341 e. The lowest BCUT2D eigenvalue weighted by Crippen LogP contribution is -2.20. The fourth-order valence-corrected chi connectivity index (χ4v) is 3.78. The molecule has 2 aromatic heterocycles. The molecule has 0 aliphatic carbocycles. The van der Waals surface area contributed by atoms with Crippen LogP contribution in [-0.2, 0) is 22.5 Å². The second-order valence-electron chi connectivity index (χ2n) is 5.81. The van der Waals surface area contributed by atoms with Gasteiger partial charge in [0, 0.05) is 4.88 Å². The molecule has 0 saturated heterocycles. The lowest BCUT2D eigenvalue weighted by atomic mass is 10.2. The van der Waals surface area contributed by atoms with Crippen molar-refractivity contribution in [3.05, 3.63) is 46.6 Å². The van der Waals surface area contributed by atoms with Crippen molar-refractivity contribution in [2.75, 3.05) is 11.9 Å². The van der Waals surface area contributed by atoms with E-state index in [-0.39, 0.29) is 12.5 Å². The van der Waals surface area contributed by atoms with Crippen LogP contribution >= 0.6 is 11.3 Å². The van der Waals surface area contributed by atoms with Crippen LogP contribution in [0, 0.1) is 6.92 Å². The average Bonchev–Trinajstić information content (AvgIpc) is 3.16. The van der Waals surface area contributed by atoms with E-state index >= 15 is 0 Å². The molecule has 1 amide bonds. The number of benzene rings is 1. The molecule has 0 spiro atoms. The minimum Gasteiger partial charge on any atom is -0.462 e. The average molecular weight is 371 g/mol. The first kappa shape index (κ1) is 18.1. The van der Waals surface area contributed by atoms with Crippen LogP contribution < -0.4 is 5.32 Å². The first-order valence-corrected chi connectivity index (χ1v) is 9.36. The number of amides is 1. The summed E-state index contributed by atoms with van der Waals surface area (Å²) in [5.41, 5.74) is 2.18. The number of imidazole rings is 1. The number of hydrogen-bond donors (Lipinski definition) is 1. The summed E-state index contributed by atoms with van der Waals surface area (Å²) < 4.78 is 6.96. The van der Waals surface area contributed by atoms with Crippen molar-refractivity contribution in [1.29, 1.82) is 0 Å². The molecule has 0 radical (unpaired) electrons. The molecule has 6 nitrogen and oxygen atoms in total. The molecule has 0 fully saturated rings. The first-order valence-electron chi connectivity index (χ1n) is 8.55. The van der Waals surface area contributed by atoms with Gasteiger partial charge in [0.15, 0.2) is 0 Å². The fraction of sp³-hybridized carbons (Fsp3) is 0.316. The van der Waals surface area contributed by atoms with E-state index in [9.17, 15) is 9.59 Å². The number of fused-ring (bicyclic) bond motifs is 1. The smallest absolute Gasteiger partial charge is 0.341 e. The zero-order valence-electron chi connectivity index (χ0n) is 15.0. The Balaban J connectivity index is 1.83.